The van der Waals surface area contributed by atoms with Gasteiger partial charge in [-0.1, -0.05) is 18.3 Å². The Bertz CT molecular complexity index is 351. The minimum Gasteiger partial charge on any atom is -0.323 e. The van der Waals surface area contributed by atoms with E-state index in [2.05, 4.69) is 11.9 Å². The minimum atomic E-state index is -2.43. The van der Waals surface area contributed by atoms with Gasteiger partial charge in [-0.05, 0) is 30.3 Å². The molecule has 0 saturated heterocycles. The van der Waals surface area contributed by atoms with Gasteiger partial charge in [0.05, 0.1) is 0 Å². The highest BCUT2D eigenvalue weighted by molar-refractivity contribution is 7.99. The van der Waals surface area contributed by atoms with Crippen molar-refractivity contribution in [3.8, 4) is 0 Å². The highest BCUT2D eigenvalue weighted by atomic mass is 32.2. The molecule has 0 heterocycles. The number of halogens is 2. The molecule has 0 radical (unpaired) electrons. The first-order valence-corrected chi connectivity index (χ1v) is 4.98. The van der Waals surface area contributed by atoms with Crippen LogP contribution in [0.3, 0.4) is 0 Å². The summed E-state index contributed by atoms with van der Waals surface area (Å²) in [6, 6.07) is 6.17. The first kappa shape index (κ1) is 11.7. The summed E-state index contributed by atoms with van der Waals surface area (Å²) >= 11 is 0.466. The molecule has 1 N–H and O–H groups in total. The summed E-state index contributed by atoms with van der Waals surface area (Å²) in [6.07, 6.45) is 1.14. The van der Waals surface area contributed by atoms with Gasteiger partial charge in [0, 0.05) is 10.6 Å². The van der Waals surface area contributed by atoms with Crippen LogP contribution in [-0.4, -0.2) is 11.7 Å². The zero-order chi connectivity index (χ0) is 11.3. The summed E-state index contributed by atoms with van der Waals surface area (Å²) < 4.78 is 23.9. The van der Waals surface area contributed by atoms with Crippen molar-refractivity contribution >= 4 is 23.4 Å². The Hall–Kier alpha value is -1.36. The van der Waals surface area contributed by atoms with Crippen LogP contribution >= 0.6 is 11.8 Å². The van der Waals surface area contributed by atoms with Gasteiger partial charge in [-0.2, -0.15) is 8.78 Å². The SMILES string of the molecule is C=CC(=O)Nc1ccc(SC(F)F)cc1. The van der Waals surface area contributed by atoms with Gasteiger partial charge >= 0.3 is 0 Å². The van der Waals surface area contributed by atoms with E-state index in [0.29, 0.717) is 22.3 Å². The van der Waals surface area contributed by atoms with Crippen molar-refractivity contribution in [2.75, 3.05) is 5.32 Å². The van der Waals surface area contributed by atoms with E-state index in [9.17, 15) is 13.6 Å². The second kappa shape index (κ2) is 5.50. The van der Waals surface area contributed by atoms with Crippen LogP contribution in [0, 0.1) is 0 Å². The largest absolute Gasteiger partial charge is 0.323 e. The number of hydrogen-bond acceptors (Lipinski definition) is 2. The lowest BCUT2D eigenvalue weighted by molar-refractivity contribution is -0.111. The summed E-state index contributed by atoms with van der Waals surface area (Å²) in [7, 11) is 0. The number of thioether (sulfide) groups is 1. The third-order valence-corrected chi connectivity index (χ3v) is 2.25. The third kappa shape index (κ3) is 4.12. The molecule has 0 aliphatic heterocycles. The van der Waals surface area contributed by atoms with Crippen LogP contribution in [0.25, 0.3) is 0 Å². The molecule has 1 amide bonds. The van der Waals surface area contributed by atoms with Gasteiger partial charge in [-0.25, -0.2) is 0 Å². The molecule has 0 aromatic heterocycles. The molecule has 0 saturated carbocycles. The Morgan fingerprint density at radius 3 is 2.47 bits per heavy atom. The molecule has 2 nitrogen and oxygen atoms in total. The predicted molar refractivity (Wildman–Crippen MR) is 57.1 cm³/mol. The fourth-order valence-corrected chi connectivity index (χ4v) is 1.41. The van der Waals surface area contributed by atoms with Gasteiger partial charge < -0.3 is 5.32 Å². The fraction of sp³-hybridized carbons (Fsp3) is 0.100. The molecular weight excluding hydrogens is 220 g/mol. The molecule has 1 aromatic carbocycles. The first-order valence-electron chi connectivity index (χ1n) is 4.10. The number of rotatable bonds is 4. The molecule has 0 aliphatic rings. The minimum absolute atomic E-state index is 0.329. The van der Waals surface area contributed by atoms with Crippen molar-refractivity contribution in [2.45, 2.75) is 10.7 Å². The van der Waals surface area contributed by atoms with Crippen molar-refractivity contribution in [2.24, 2.45) is 0 Å². The number of amides is 1. The number of anilines is 1. The normalized spacial score (nSPS) is 10.1. The average molecular weight is 229 g/mol. The Morgan fingerprint density at radius 1 is 1.40 bits per heavy atom. The standard InChI is InChI=1S/C10H9F2NOS/c1-2-9(14)13-7-3-5-8(6-4-7)15-10(11)12/h2-6,10H,1H2,(H,13,14). The summed E-state index contributed by atoms with van der Waals surface area (Å²) in [5.41, 5.74) is 0.554. The van der Waals surface area contributed by atoms with Crippen LogP contribution < -0.4 is 5.32 Å². The molecular formula is C10H9F2NOS. The summed E-state index contributed by atoms with van der Waals surface area (Å²) in [6.45, 7) is 3.30. The average Bonchev–Trinajstić information content (AvgIpc) is 2.20. The van der Waals surface area contributed by atoms with E-state index in [1.807, 2.05) is 0 Å². The van der Waals surface area contributed by atoms with Gasteiger partial charge in [-0.3, -0.25) is 4.79 Å². The maximum atomic E-state index is 12.0. The van der Waals surface area contributed by atoms with E-state index in [4.69, 9.17) is 0 Å². The van der Waals surface area contributed by atoms with Gasteiger partial charge in [0.1, 0.15) is 0 Å². The maximum Gasteiger partial charge on any atom is 0.288 e. The van der Waals surface area contributed by atoms with Crippen LogP contribution in [0.1, 0.15) is 0 Å². The zero-order valence-corrected chi connectivity index (χ0v) is 8.56. The van der Waals surface area contributed by atoms with Crippen molar-refractivity contribution in [3.63, 3.8) is 0 Å². The predicted octanol–water partition coefficient (Wildman–Crippen LogP) is 3.13. The summed E-state index contributed by atoms with van der Waals surface area (Å²) in [5, 5.41) is 2.52. The number of alkyl halides is 2. The topological polar surface area (TPSA) is 29.1 Å². The molecule has 80 valence electrons. The van der Waals surface area contributed by atoms with Crippen LogP contribution in [0.5, 0.6) is 0 Å². The van der Waals surface area contributed by atoms with Crippen LogP contribution in [0.15, 0.2) is 41.8 Å². The fourth-order valence-electron chi connectivity index (χ4n) is 0.913. The molecule has 5 heteroatoms. The molecule has 1 rings (SSSR count). The lowest BCUT2D eigenvalue weighted by atomic mass is 10.3. The molecule has 0 atom stereocenters. The molecule has 0 unspecified atom stereocenters. The summed E-state index contributed by atoms with van der Waals surface area (Å²) in [5.74, 6) is -2.76. The van der Waals surface area contributed by atoms with E-state index in [-0.39, 0.29) is 5.91 Å². The number of benzene rings is 1. The molecule has 0 bridgehead atoms. The van der Waals surface area contributed by atoms with Crippen LogP contribution in [-0.2, 0) is 4.79 Å². The van der Waals surface area contributed by atoms with Gasteiger partial charge in [0.2, 0.25) is 5.91 Å². The highest BCUT2D eigenvalue weighted by Gasteiger charge is 2.04. The quantitative estimate of drug-likeness (QED) is 0.634. The zero-order valence-electron chi connectivity index (χ0n) is 7.74. The Labute approximate surface area is 90.4 Å². The smallest absolute Gasteiger partial charge is 0.288 e. The maximum absolute atomic E-state index is 12.0. The van der Waals surface area contributed by atoms with E-state index in [1.165, 1.54) is 12.1 Å². The number of nitrogens with one attached hydrogen (secondary N) is 1. The van der Waals surface area contributed by atoms with Crippen LogP contribution in [0.4, 0.5) is 14.5 Å². The number of carbonyl (C=O) groups excluding carboxylic acids is 1. The number of carbonyl (C=O) groups is 1. The first-order chi connectivity index (χ1) is 7.11. The summed E-state index contributed by atoms with van der Waals surface area (Å²) in [4.78, 5) is 11.3. The van der Waals surface area contributed by atoms with Crippen molar-refractivity contribution in [1.29, 1.82) is 0 Å². The Balaban J connectivity index is 2.63. The van der Waals surface area contributed by atoms with Gasteiger partial charge in [0.25, 0.3) is 5.76 Å². The molecule has 0 fully saturated rings. The lowest BCUT2D eigenvalue weighted by Gasteiger charge is -2.03. The van der Waals surface area contributed by atoms with E-state index < -0.39 is 5.76 Å². The van der Waals surface area contributed by atoms with Gasteiger partial charge in [-0.15, -0.1) is 0 Å². The van der Waals surface area contributed by atoms with E-state index in [1.54, 1.807) is 12.1 Å². The monoisotopic (exact) mass is 229 g/mol. The lowest BCUT2D eigenvalue weighted by Crippen LogP contribution is -2.06. The van der Waals surface area contributed by atoms with Crippen molar-refractivity contribution in [3.05, 3.63) is 36.9 Å². The van der Waals surface area contributed by atoms with Gasteiger partial charge in [0.15, 0.2) is 0 Å². The van der Waals surface area contributed by atoms with Crippen molar-refractivity contribution in [1.82, 2.24) is 0 Å². The number of hydrogen-bond donors (Lipinski definition) is 1. The highest BCUT2D eigenvalue weighted by Crippen LogP contribution is 2.26. The molecule has 0 spiro atoms. The van der Waals surface area contributed by atoms with E-state index in [0.717, 1.165) is 6.08 Å². The Morgan fingerprint density at radius 2 is 2.00 bits per heavy atom. The van der Waals surface area contributed by atoms with E-state index >= 15 is 0 Å². The molecule has 15 heavy (non-hydrogen) atoms. The van der Waals surface area contributed by atoms with Crippen LogP contribution in [0.2, 0.25) is 0 Å². The third-order valence-electron chi connectivity index (χ3n) is 1.53. The molecule has 1 aromatic rings. The van der Waals surface area contributed by atoms with Crippen molar-refractivity contribution < 1.29 is 13.6 Å². The second-order valence-corrected chi connectivity index (χ2v) is 3.66. The molecule has 0 aliphatic carbocycles. The Kier molecular flexibility index (Phi) is 4.30. The second-order valence-electron chi connectivity index (χ2n) is 2.60.